The lowest BCUT2D eigenvalue weighted by Crippen LogP contribution is -2.38. The number of halogens is 1. The van der Waals surface area contributed by atoms with Crippen LogP contribution in [0.5, 0.6) is 5.75 Å². The van der Waals surface area contributed by atoms with Crippen molar-refractivity contribution in [2.45, 2.75) is 38.2 Å². The molecule has 0 aromatic heterocycles. The number of fused-ring (bicyclic) bond motifs is 1. The molecule has 1 atom stereocenters. The van der Waals surface area contributed by atoms with Crippen LogP contribution in [0.25, 0.3) is 0 Å². The Morgan fingerprint density at radius 2 is 1.93 bits per heavy atom. The molecule has 1 aliphatic heterocycles. The van der Waals surface area contributed by atoms with E-state index in [9.17, 15) is 15.0 Å². The highest BCUT2D eigenvalue weighted by Gasteiger charge is 2.27. The molecule has 0 saturated carbocycles. The lowest BCUT2D eigenvalue weighted by molar-refractivity contribution is -0.120. The predicted molar refractivity (Wildman–Crippen MR) is 111 cm³/mol. The Morgan fingerprint density at radius 3 is 2.68 bits per heavy atom. The number of carbonyl (C=O) groups excluding carboxylic acids is 1. The van der Waals surface area contributed by atoms with Gasteiger partial charge in [-0.15, -0.1) is 0 Å². The number of aliphatic hydroxyl groups excluding tert-OH is 1. The average molecular weight is 401 g/mol. The van der Waals surface area contributed by atoms with Gasteiger partial charge in [-0.2, -0.15) is 0 Å². The zero-order valence-corrected chi connectivity index (χ0v) is 16.5. The molecule has 5 nitrogen and oxygen atoms in total. The van der Waals surface area contributed by atoms with Gasteiger partial charge in [0.15, 0.2) is 0 Å². The van der Waals surface area contributed by atoms with Crippen molar-refractivity contribution in [2.75, 3.05) is 23.3 Å². The maximum absolute atomic E-state index is 12.8. The average Bonchev–Trinajstić information content (AvgIpc) is 2.68. The summed E-state index contributed by atoms with van der Waals surface area (Å²) in [7, 11) is 0. The molecule has 0 radical (unpaired) electrons. The van der Waals surface area contributed by atoms with Gasteiger partial charge >= 0.3 is 0 Å². The predicted octanol–water partition coefficient (Wildman–Crippen LogP) is 3.75. The van der Waals surface area contributed by atoms with Gasteiger partial charge in [0.2, 0.25) is 5.91 Å². The Kier molecular flexibility index (Phi) is 5.47. The molecule has 1 aliphatic carbocycles. The van der Waals surface area contributed by atoms with Gasteiger partial charge in [0.1, 0.15) is 5.75 Å². The van der Waals surface area contributed by atoms with Gasteiger partial charge in [0, 0.05) is 42.2 Å². The van der Waals surface area contributed by atoms with E-state index in [1.54, 1.807) is 12.1 Å². The van der Waals surface area contributed by atoms with E-state index >= 15 is 0 Å². The van der Waals surface area contributed by atoms with Gasteiger partial charge in [-0.3, -0.25) is 4.79 Å². The lowest BCUT2D eigenvalue weighted by Gasteiger charge is -2.33. The second-order valence-corrected chi connectivity index (χ2v) is 8.16. The third-order valence-electron chi connectivity index (χ3n) is 5.86. The first kappa shape index (κ1) is 19.1. The van der Waals surface area contributed by atoms with Crippen LogP contribution in [0.15, 0.2) is 36.4 Å². The molecule has 148 valence electrons. The molecular weight excluding hydrogens is 376 g/mol. The van der Waals surface area contributed by atoms with Crippen molar-refractivity contribution in [1.82, 2.24) is 0 Å². The van der Waals surface area contributed by atoms with Gasteiger partial charge < -0.3 is 20.4 Å². The molecule has 1 heterocycles. The molecule has 2 aromatic carbocycles. The van der Waals surface area contributed by atoms with Crippen molar-refractivity contribution in [2.24, 2.45) is 5.92 Å². The van der Waals surface area contributed by atoms with Gasteiger partial charge in [-0.25, -0.2) is 0 Å². The van der Waals surface area contributed by atoms with Crippen LogP contribution in [-0.4, -0.2) is 35.3 Å². The summed E-state index contributed by atoms with van der Waals surface area (Å²) in [6, 6.07) is 11.1. The van der Waals surface area contributed by atoms with Gasteiger partial charge in [-0.05, 0) is 55.0 Å². The van der Waals surface area contributed by atoms with Crippen LogP contribution < -0.4 is 10.2 Å². The first-order valence-corrected chi connectivity index (χ1v) is 10.2. The van der Waals surface area contributed by atoms with Crippen molar-refractivity contribution in [3.05, 3.63) is 52.5 Å². The number of nitrogens with one attached hydrogen (secondary N) is 1. The van der Waals surface area contributed by atoms with Crippen LogP contribution >= 0.6 is 11.6 Å². The Hall–Kier alpha value is -2.24. The summed E-state index contributed by atoms with van der Waals surface area (Å²) in [6.07, 6.45) is 3.35. The molecule has 2 aromatic rings. The molecule has 1 unspecified atom stereocenters. The van der Waals surface area contributed by atoms with Crippen LogP contribution in [0.2, 0.25) is 5.02 Å². The van der Waals surface area contributed by atoms with Gasteiger partial charge in [0.25, 0.3) is 0 Å². The molecule has 2 aliphatic rings. The van der Waals surface area contributed by atoms with E-state index in [0.29, 0.717) is 24.5 Å². The number of nitrogens with zero attached hydrogens (tertiary/aromatic N) is 1. The highest BCUT2D eigenvalue weighted by molar-refractivity contribution is 6.30. The van der Waals surface area contributed by atoms with E-state index in [0.717, 1.165) is 42.6 Å². The second-order valence-electron chi connectivity index (χ2n) is 7.72. The zero-order valence-electron chi connectivity index (χ0n) is 15.7. The fraction of sp³-hybridized carbons (Fsp3) is 0.409. The monoisotopic (exact) mass is 400 g/mol. The maximum Gasteiger partial charge on any atom is 0.227 e. The molecule has 6 heteroatoms. The highest BCUT2D eigenvalue weighted by Crippen LogP contribution is 2.34. The number of aromatic hydroxyl groups is 1. The van der Waals surface area contributed by atoms with Crippen molar-refractivity contribution < 1.29 is 15.0 Å². The number of hydrogen-bond acceptors (Lipinski definition) is 4. The SMILES string of the molecule is O=C(Nc1cccc2c1CC(O)CC2)C1CCN(c2ccc(Cl)cc2O)CC1. The largest absolute Gasteiger partial charge is 0.506 e. The summed E-state index contributed by atoms with van der Waals surface area (Å²) in [5.41, 5.74) is 3.88. The maximum atomic E-state index is 12.8. The smallest absolute Gasteiger partial charge is 0.227 e. The molecule has 1 amide bonds. The topological polar surface area (TPSA) is 72.8 Å². The van der Waals surface area contributed by atoms with E-state index in [-0.39, 0.29) is 23.7 Å². The minimum Gasteiger partial charge on any atom is -0.506 e. The standard InChI is InChI=1S/C22H25ClN2O3/c23-16-5-7-20(21(27)12-16)25-10-8-15(9-11-25)22(28)24-19-3-1-2-14-4-6-17(26)13-18(14)19/h1-3,5,7,12,15,17,26-27H,4,6,8-11,13H2,(H,24,28). The number of anilines is 2. The van der Waals surface area contributed by atoms with E-state index in [2.05, 4.69) is 16.3 Å². The normalized spacial score (nSPS) is 19.9. The van der Waals surface area contributed by atoms with Crippen LogP contribution in [0.1, 0.15) is 30.4 Å². The number of hydrogen-bond donors (Lipinski definition) is 3. The van der Waals surface area contributed by atoms with Crippen molar-refractivity contribution in [3.63, 3.8) is 0 Å². The van der Waals surface area contributed by atoms with E-state index in [1.807, 2.05) is 18.2 Å². The molecule has 4 rings (SSSR count). The van der Waals surface area contributed by atoms with Crippen LogP contribution in [0.4, 0.5) is 11.4 Å². The zero-order chi connectivity index (χ0) is 19.7. The number of carbonyl (C=O) groups is 1. The molecule has 1 fully saturated rings. The number of rotatable bonds is 3. The third-order valence-corrected chi connectivity index (χ3v) is 6.10. The molecule has 0 spiro atoms. The summed E-state index contributed by atoms with van der Waals surface area (Å²) in [4.78, 5) is 14.9. The van der Waals surface area contributed by atoms with Gasteiger partial charge in [0.05, 0.1) is 11.8 Å². The lowest BCUT2D eigenvalue weighted by atomic mass is 9.88. The number of aryl methyl sites for hydroxylation is 1. The number of amides is 1. The number of phenols is 1. The fourth-order valence-corrected chi connectivity index (χ4v) is 4.43. The van der Waals surface area contributed by atoms with Crippen LogP contribution in [-0.2, 0) is 17.6 Å². The molecule has 3 N–H and O–H groups in total. The summed E-state index contributed by atoms with van der Waals surface area (Å²) in [5.74, 6) is 0.147. The van der Waals surface area contributed by atoms with Crippen LogP contribution in [0.3, 0.4) is 0 Å². The van der Waals surface area contributed by atoms with Gasteiger partial charge in [-0.1, -0.05) is 23.7 Å². The minimum absolute atomic E-state index is 0.0356. The number of benzene rings is 2. The second kappa shape index (κ2) is 8.02. The quantitative estimate of drug-likeness (QED) is 0.733. The Balaban J connectivity index is 1.40. The number of piperidine rings is 1. The molecule has 28 heavy (non-hydrogen) atoms. The number of aliphatic hydroxyl groups is 1. The van der Waals surface area contributed by atoms with Crippen molar-refractivity contribution in [1.29, 1.82) is 0 Å². The Labute approximate surface area is 169 Å². The third kappa shape index (κ3) is 3.96. The van der Waals surface area contributed by atoms with E-state index in [1.165, 1.54) is 5.56 Å². The summed E-state index contributed by atoms with van der Waals surface area (Å²) < 4.78 is 0. The summed E-state index contributed by atoms with van der Waals surface area (Å²) in [5, 5.41) is 23.7. The number of phenolic OH excluding ortho intramolecular Hbond substituents is 1. The first-order chi connectivity index (χ1) is 13.5. The fourth-order valence-electron chi connectivity index (χ4n) is 4.27. The molecule has 1 saturated heterocycles. The van der Waals surface area contributed by atoms with Crippen LogP contribution in [0, 0.1) is 5.92 Å². The van der Waals surface area contributed by atoms with E-state index in [4.69, 9.17) is 11.6 Å². The Bertz CT molecular complexity index is 878. The molecule has 0 bridgehead atoms. The van der Waals surface area contributed by atoms with Crippen molar-refractivity contribution in [3.8, 4) is 5.75 Å². The minimum atomic E-state index is -0.333. The van der Waals surface area contributed by atoms with E-state index < -0.39 is 0 Å². The first-order valence-electron chi connectivity index (χ1n) is 9.84. The van der Waals surface area contributed by atoms with Crippen molar-refractivity contribution >= 4 is 28.9 Å². The summed E-state index contributed by atoms with van der Waals surface area (Å²) >= 11 is 5.91. The highest BCUT2D eigenvalue weighted by atomic mass is 35.5. The molecular formula is C22H25ClN2O3. The summed E-state index contributed by atoms with van der Waals surface area (Å²) in [6.45, 7) is 1.41. The Morgan fingerprint density at radius 1 is 1.14 bits per heavy atom.